The van der Waals surface area contributed by atoms with E-state index in [9.17, 15) is 13.2 Å². The summed E-state index contributed by atoms with van der Waals surface area (Å²) in [4.78, 5) is 0. The first kappa shape index (κ1) is 22.7. The van der Waals surface area contributed by atoms with E-state index < -0.39 is 43.3 Å². The van der Waals surface area contributed by atoms with Crippen LogP contribution in [-0.2, 0) is 20.4 Å². The average molecular weight is 516 g/mol. The van der Waals surface area contributed by atoms with E-state index in [1.54, 1.807) is 3.28 Å². The van der Waals surface area contributed by atoms with E-state index in [1.165, 1.54) is 28.3 Å². The monoisotopic (exact) mass is 514 g/mol. The average Bonchev–Trinajstić information content (AvgIpc) is 3.20. The Morgan fingerprint density at radius 1 is 0.839 bits per heavy atom. The van der Waals surface area contributed by atoms with Crippen molar-refractivity contribution in [3.8, 4) is 0 Å². The van der Waals surface area contributed by atoms with Crippen molar-refractivity contribution in [3.63, 3.8) is 0 Å². The number of allylic oxidation sites excluding steroid dienone is 5. The molecule has 0 nitrogen and oxygen atoms in total. The molecule has 31 heavy (non-hydrogen) atoms. The Hall–Kier alpha value is -1.45. The molecule has 0 spiro atoms. The Morgan fingerprint density at radius 2 is 1.52 bits per heavy atom. The van der Waals surface area contributed by atoms with Gasteiger partial charge in [-0.1, -0.05) is 0 Å². The van der Waals surface area contributed by atoms with Crippen LogP contribution < -0.4 is 0 Å². The molecule has 0 saturated heterocycles. The second-order valence-corrected chi connectivity index (χ2v) is 26.3. The summed E-state index contributed by atoms with van der Waals surface area (Å²) in [5, 5.41) is 0. The van der Waals surface area contributed by atoms with Crippen LogP contribution in [-0.4, -0.2) is 5.43 Å². The van der Waals surface area contributed by atoms with Crippen LogP contribution in [0.4, 0.5) is 13.2 Å². The Kier molecular flexibility index (Phi) is 6.22. The zero-order chi connectivity index (χ0) is 22.6. The quantitative estimate of drug-likeness (QED) is 0.290. The van der Waals surface area contributed by atoms with Gasteiger partial charge >= 0.3 is 191 Å². The van der Waals surface area contributed by atoms with E-state index in [0.717, 1.165) is 11.6 Å². The first-order chi connectivity index (χ1) is 14.6. The third-order valence-corrected chi connectivity index (χ3v) is 25.6. The SMILES string of the molecule is CC1=C(C)C(C)[C]([Zr]([CH]2C=C(c3ccc(F)c(F)c3F)c3ccccc32)=[Si](C)C)=C1C. The number of halogens is 3. The van der Waals surface area contributed by atoms with E-state index in [2.05, 4.69) is 52.9 Å². The van der Waals surface area contributed by atoms with Crippen LogP contribution in [0.25, 0.3) is 5.57 Å². The molecule has 0 heterocycles. The van der Waals surface area contributed by atoms with Crippen LogP contribution in [0.3, 0.4) is 0 Å². The molecule has 0 fully saturated rings. The summed E-state index contributed by atoms with van der Waals surface area (Å²) >= 11 is -2.22. The van der Waals surface area contributed by atoms with E-state index in [0.29, 0.717) is 11.5 Å². The second-order valence-electron chi connectivity index (χ2n) is 8.85. The Morgan fingerprint density at radius 3 is 2.13 bits per heavy atom. The normalized spacial score (nSPS) is 20.4. The van der Waals surface area contributed by atoms with Crippen LogP contribution in [0.2, 0.25) is 13.1 Å². The van der Waals surface area contributed by atoms with Crippen molar-refractivity contribution in [1.82, 2.24) is 0 Å². The van der Waals surface area contributed by atoms with Crippen molar-refractivity contribution < 1.29 is 33.5 Å². The van der Waals surface area contributed by atoms with Gasteiger partial charge in [0.1, 0.15) is 0 Å². The molecular weight excluding hydrogens is 489 g/mol. The number of benzene rings is 2. The molecule has 5 heteroatoms. The summed E-state index contributed by atoms with van der Waals surface area (Å²) in [5.74, 6) is -3.17. The van der Waals surface area contributed by atoms with Crippen LogP contribution in [0.5, 0.6) is 0 Å². The zero-order valence-corrected chi connectivity index (χ0v) is 22.3. The summed E-state index contributed by atoms with van der Waals surface area (Å²) < 4.78 is 44.4. The van der Waals surface area contributed by atoms with Gasteiger partial charge in [0.2, 0.25) is 0 Å². The topological polar surface area (TPSA) is 0 Å². The molecule has 2 aromatic carbocycles. The predicted octanol–water partition coefficient (Wildman–Crippen LogP) is 7.72. The van der Waals surface area contributed by atoms with Crippen molar-refractivity contribution in [3.05, 3.63) is 96.6 Å². The molecule has 2 aliphatic carbocycles. The molecule has 2 aliphatic rings. The molecule has 0 aliphatic heterocycles. The molecule has 0 amide bonds. The predicted molar refractivity (Wildman–Crippen MR) is 120 cm³/mol. The van der Waals surface area contributed by atoms with Gasteiger partial charge in [0, 0.05) is 0 Å². The van der Waals surface area contributed by atoms with Crippen LogP contribution in [0.1, 0.15) is 48.0 Å². The van der Waals surface area contributed by atoms with E-state index in [4.69, 9.17) is 0 Å². The summed E-state index contributed by atoms with van der Waals surface area (Å²) in [6, 6.07) is 10.5. The second kappa shape index (κ2) is 8.48. The Labute approximate surface area is 190 Å². The van der Waals surface area contributed by atoms with Crippen LogP contribution in [0.15, 0.2) is 62.5 Å². The van der Waals surface area contributed by atoms with Gasteiger partial charge in [0.05, 0.1) is 0 Å². The van der Waals surface area contributed by atoms with Gasteiger partial charge < -0.3 is 0 Å². The van der Waals surface area contributed by atoms with Crippen molar-refractivity contribution >= 4 is 11.0 Å². The van der Waals surface area contributed by atoms with E-state index in [-0.39, 0.29) is 9.19 Å². The zero-order valence-electron chi connectivity index (χ0n) is 18.8. The summed E-state index contributed by atoms with van der Waals surface area (Å²) in [5.41, 5.74) is 6.84. The molecule has 2 atom stereocenters. The standard InChI is InChI=1S/C15H8F3.C9H13.C2H6Si.Zr/c16-13-8-7-12(14(17)15(13)18)11-6-5-9-3-1-2-4-10(9)11;1-6-5-7(2)9(4)8(6)3;1-3-2;/h1-8H;6H,1-4H3;1-2H3;. The number of hydrogen-bond acceptors (Lipinski definition) is 0. The van der Waals surface area contributed by atoms with Crippen molar-refractivity contribution in [2.24, 2.45) is 5.92 Å². The van der Waals surface area contributed by atoms with Gasteiger partial charge in [-0.2, -0.15) is 0 Å². The molecule has 0 N–H and O–H groups in total. The maximum atomic E-state index is 14.8. The molecule has 0 bridgehead atoms. The molecule has 160 valence electrons. The third-order valence-electron chi connectivity index (χ3n) is 7.03. The van der Waals surface area contributed by atoms with E-state index in [1.807, 2.05) is 18.2 Å². The van der Waals surface area contributed by atoms with Crippen molar-refractivity contribution in [2.75, 3.05) is 0 Å². The molecule has 2 aromatic rings. The molecule has 0 saturated carbocycles. The summed E-state index contributed by atoms with van der Waals surface area (Å²) in [6.07, 6.45) is 2.18. The van der Waals surface area contributed by atoms with Gasteiger partial charge in [-0.3, -0.25) is 0 Å². The first-order valence-electron chi connectivity index (χ1n) is 10.7. The van der Waals surface area contributed by atoms with Crippen molar-refractivity contribution in [1.29, 1.82) is 0 Å². The first-order valence-corrected chi connectivity index (χ1v) is 19.5. The summed E-state index contributed by atoms with van der Waals surface area (Å²) in [7, 11) is 0. The molecule has 2 unspecified atom stereocenters. The van der Waals surface area contributed by atoms with Gasteiger partial charge in [0.15, 0.2) is 0 Å². The van der Waals surface area contributed by atoms with Gasteiger partial charge in [0.25, 0.3) is 0 Å². The maximum absolute atomic E-state index is 14.8. The third kappa shape index (κ3) is 3.62. The van der Waals surface area contributed by atoms with Gasteiger partial charge in [-0.05, 0) is 0 Å². The van der Waals surface area contributed by atoms with Crippen LogP contribution in [0, 0.1) is 23.4 Å². The van der Waals surface area contributed by atoms with Gasteiger partial charge in [-0.15, -0.1) is 0 Å². The summed E-state index contributed by atoms with van der Waals surface area (Å²) in [6.45, 7) is 13.9. The molecule has 4 rings (SSSR count). The number of hydrogen-bond donors (Lipinski definition) is 0. The number of rotatable bonds is 3. The van der Waals surface area contributed by atoms with Gasteiger partial charge in [-0.25, -0.2) is 0 Å². The molecule has 0 aromatic heterocycles. The fourth-order valence-electron chi connectivity index (χ4n) is 5.11. The van der Waals surface area contributed by atoms with Crippen LogP contribution >= 0.6 is 0 Å². The molecular formula is C26H27F3SiZr. The number of fused-ring (bicyclic) bond motifs is 1. The fraction of sp³-hybridized carbons (Fsp3) is 0.308. The minimum absolute atomic E-state index is 0.160. The fourth-order valence-corrected chi connectivity index (χ4v) is 24.8. The van der Waals surface area contributed by atoms with Crippen molar-refractivity contribution in [2.45, 2.75) is 44.4 Å². The Bertz CT molecular complexity index is 1230. The Balaban J connectivity index is 1.94. The molecule has 0 radical (unpaired) electrons. The minimum atomic E-state index is -2.22. The van der Waals surface area contributed by atoms with E-state index >= 15 is 0 Å².